The van der Waals surface area contributed by atoms with Crippen LogP contribution in [-0.2, 0) is 19.1 Å². The molecule has 136 valence electrons. The molecule has 1 saturated carbocycles. The average molecular weight is 340 g/mol. The molecule has 0 spiro atoms. The maximum Gasteiger partial charge on any atom is 0.313 e. The molecule has 7 heteroatoms. The topological polar surface area (TPSA) is 95.9 Å². The van der Waals surface area contributed by atoms with Crippen LogP contribution in [0.4, 0.5) is 0 Å². The SMILES string of the molecule is COCC1(C(=O)O)CCCN(C(=O)C(NC(C)=O)C2CCCC2)C1. The molecule has 1 aliphatic heterocycles. The number of aliphatic carboxylic acids is 1. The van der Waals surface area contributed by atoms with E-state index >= 15 is 0 Å². The molecule has 7 nitrogen and oxygen atoms in total. The number of amides is 2. The summed E-state index contributed by atoms with van der Waals surface area (Å²) in [6.07, 6.45) is 5.10. The van der Waals surface area contributed by atoms with Crippen molar-refractivity contribution in [3.8, 4) is 0 Å². The van der Waals surface area contributed by atoms with Crippen LogP contribution >= 0.6 is 0 Å². The van der Waals surface area contributed by atoms with Crippen molar-refractivity contribution >= 4 is 17.8 Å². The lowest BCUT2D eigenvalue weighted by Crippen LogP contribution is -2.58. The fraction of sp³-hybridized carbons (Fsp3) is 0.824. The Balaban J connectivity index is 2.15. The van der Waals surface area contributed by atoms with Gasteiger partial charge in [-0.25, -0.2) is 0 Å². The third kappa shape index (κ3) is 4.06. The highest BCUT2D eigenvalue weighted by atomic mass is 16.5. The standard InChI is InChI=1S/C17H28N2O5/c1-12(20)18-14(13-6-3-4-7-13)15(21)19-9-5-8-17(10-19,11-24-2)16(22)23/h13-14H,3-11H2,1-2H3,(H,18,20)(H,22,23). The first-order chi connectivity index (χ1) is 11.4. The number of rotatable bonds is 6. The van der Waals surface area contributed by atoms with Gasteiger partial charge in [0.05, 0.1) is 6.61 Å². The molecule has 1 aliphatic carbocycles. The first-order valence-corrected chi connectivity index (χ1v) is 8.68. The second-order valence-electron chi connectivity index (χ2n) is 7.10. The molecule has 1 saturated heterocycles. The number of nitrogens with zero attached hydrogens (tertiary/aromatic N) is 1. The van der Waals surface area contributed by atoms with Gasteiger partial charge in [0.2, 0.25) is 11.8 Å². The van der Waals surface area contributed by atoms with Gasteiger partial charge in [-0.2, -0.15) is 0 Å². The highest BCUT2D eigenvalue weighted by Gasteiger charge is 2.45. The second kappa shape index (κ2) is 7.96. The summed E-state index contributed by atoms with van der Waals surface area (Å²) in [4.78, 5) is 37.9. The average Bonchev–Trinajstić information content (AvgIpc) is 3.06. The number of methoxy groups -OCH3 is 1. The molecule has 2 N–H and O–H groups in total. The fourth-order valence-corrected chi connectivity index (χ4v) is 4.04. The minimum Gasteiger partial charge on any atom is -0.481 e. The molecule has 1 heterocycles. The number of likely N-dealkylation sites (tertiary alicyclic amines) is 1. The number of ether oxygens (including phenoxy) is 1. The summed E-state index contributed by atoms with van der Waals surface area (Å²) in [5.74, 6) is -1.17. The number of carbonyl (C=O) groups excluding carboxylic acids is 2. The van der Waals surface area contributed by atoms with E-state index < -0.39 is 17.4 Å². The highest BCUT2D eigenvalue weighted by Crippen LogP contribution is 2.33. The van der Waals surface area contributed by atoms with Crippen molar-refractivity contribution in [2.75, 3.05) is 26.8 Å². The van der Waals surface area contributed by atoms with Crippen LogP contribution in [0.25, 0.3) is 0 Å². The van der Waals surface area contributed by atoms with E-state index in [-0.39, 0.29) is 30.9 Å². The number of carboxylic acids is 1. The van der Waals surface area contributed by atoms with Crippen LogP contribution in [0.2, 0.25) is 0 Å². The Morgan fingerprint density at radius 1 is 1.29 bits per heavy atom. The number of carbonyl (C=O) groups is 3. The molecule has 2 fully saturated rings. The summed E-state index contributed by atoms with van der Waals surface area (Å²) >= 11 is 0. The molecule has 2 amide bonds. The Labute approximate surface area is 142 Å². The summed E-state index contributed by atoms with van der Waals surface area (Å²) in [6, 6.07) is -0.544. The quantitative estimate of drug-likeness (QED) is 0.753. The predicted molar refractivity (Wildman–Crippen MR) is 87.3 cm³/mol. The third-order valence-corrected chi connectivity index (χ3v) is 5.26. The minimum absolute atomic E-state index is 0.0837. The van der Waals surface area contributed by atoms with Gasteiger partial charge in [0.15, 0.2) is 0 Å². The van der Waals surface area contributed by atoms with Gasteiger partial charge in [-0.3, -0.25) is 14.4 Å². The normalized spacial score (nSPS) is 26.2. The molecular formula is C17H28N2O5. The van der Waals surface area contributed by atoms with Crippen molar-refractivity contribution in [3.05, 3.63) is 0 Å². The smallest absolute Gasteiger partial charge is 0.313 e. The fourth-order valence-electron chi connectivity index (χ4n) is 4.04. The monoisotopic (exact) mass is 340 g/mol. The lowest BCUT2D eigenvalue weighted by Gasteiger charge is -2.41. The van der Waals surface area contributed by atoms with E-state index in [9.17, 15) is 19.5 Å². The van der Waals surface area contributed by atoms with Gasteiger partial charge in [0.25, 0.3) is 0 Å². The molecular weight excluding hydrogens is 312 g/mol. The van der Waals surface area contributed by atoms with E-state index in [2.05, 4.69) is 5.32 Å². The van der Waals surface area contributed by atoms with Gasteiger partial charge in [-0.15, -0.1) is 0 Å². The second-order valence-corrected chi connectivity index (χ2v) is 7.10. The van der Waals surface area contributed by atoms with Crippen molar-refractivity contribution in [1.82, 2.24) is 10.2 Å². The van der Waals surface area contributed by atoms with Crippen molar-refractivity contribution < 1.29 is 24.2 Å². The Bertz CT molecular complexity index is 485. The Morgan fingerprint density at radius 2 is 1.96 bits per heavy atom. The van der Waals surface area contributed by atoms with Crippen molar-refractivity contribution in [2.45, 2.75) is 51.5 Å². The highest BCUT2D eigenvalue weighted by molar-refractivity contribution is 5.88. The lowest BCUT2D eigenvalue weighted by molar-refractivity contribution is -0.160. The molecule has 0 bridgehead atoms. The summed E-state index contributed by atoms with van der Waals surface area (Å²) in [5.41, 5.74) is -1.06. The van der Waals surface area contributed by atoms with Crippen LogP contribution in [0.15, 0.2) is 0 Å². The first kappa shape index (κ1) is 18.7. The maximum atomic E-state index is 13.0. The van der Waals surface area contributed by atoms with Crippen molar-refractivity contribution in [3.63, 3.8) is 0 Å². The molecule has 2 aliphatic rings. The molecule has 24 heavy (non-hydrogen) atoms. The van der Waals surface area contributed by atoms with Crippen molar-refractivity contribution in [1.29, 1.82) is 0 Å². The molecule has 2 atom stereocenters. The van der Waals surface area contributed by atoms with Gasteiger partial charge < -0.3 is 20.1 Å². The number of hydrogen-bond donors (Lipinski definition) is 2. The van der Waals surface area contributed by atoms with Gasteiger partial charge in [0.1, 0.15) is 11.5 Å². The molecule has 0 aromatic rings. The number of nitrogens with one attached hydrogen (secondary N) is 1. The number of hydrogen-bond acceptors (Lipinski definition) is 4. The lowest BCUT2D eigenvalue weighted by atomic mass is 9.80. The summed E-state index contributed by atoms with van der Waals surface area (Å²) in [6.45, 7) is 2.16. The van der Waals surface area contributed by atoms with Gasteiger partial charge >= 0.3 is 5.97 Å². The van der Waals surface area contributed by atoms with Crippen LogP contribution in [0.1, 0.15) is 45.4 Å². The Kier molecular flexibility index (Phi) is 6.21. The largest absolute Gasteiger partial charge is 0.481 e. The number of carboxylic acid groups (broad SMARTS) is 1. The molecule has 2 rings (SSSR count). The van der Waals surface area contributed by atoms with Crippen LogP contribution in [0.5, 0.6) is 0 Å². The molecule has 0 radical (unpaired) electrons. The molecule has 0 aromatic carbocycles. The predicted octanol–water partition coefficient (Wildman–Crippen LogP) is 1.02. The summed E-state index contributed by atoms with van der Waals surface area (Å²) < 4.78 is 5.11. The van der Waals surface area contributed by atoms with Crippen LogP contribution in [0, 0.1) is 11.3 Å². The molecule has 2 unspecified atom stereocenters. The molecule has 0 aromatic heterocycles. The van der Waals surface area contributed by atoms with E-state index in [1.165, 1.54) is 14.0 Å². The van der Waals surface area contributed by atoms with E-state index in [0.717, 1.165) is 25.7 Å². The summed E-state index contributed by atoms with van der Waals surface area (Å²) in [7, 11) is 1.48. The minimum atomic E-state index is -1.06. The van der Waals surface area contributed by atoms with Gasteiger partial charge in [0, 0.05) is 27.1 Å². The zero-order valence-corrected chi connectivity index (χ0v) is 14.5. The van der Waals surface area contributed by atoms with E-state index in [0.29, 0.717) is 19.4 Å². The van der Waals surface area contributed by atoms with Crippen LogP contribution in [-0.4, -0.2) is 60.6 Å². The Hall–Kier alpha value is -1.63. The Morgan fingerprint density at radius 3 is 2.50 bits per heavy atom. The number of piperidine rings is 1. The van der Waals surface area contributed by atoms with Gasteiger partial charge in [-0.05, 0) is 31.6 Å². The van der Waals surface area contributed by atoms with E-state index in [4.69, 9.17) is 4.74 Å². The van der Waals surface area contributed by atoms with E-state index in [1.54, 1.807) is 4.90 Å². The third-order valence-electron chi connectivity index (χ3n) is 5.26. The summed E-state index contributed by atoms with van der Waals surface area (Å²) in [5, 5.41) is 12.4. The first-order valence-electron chi connectivity index (χ1n) is 8.68. The van der Waals surface area contributed by atoms with Crippen molar-refractivity contribution in [2.24, 2.45) is 11.3 Å². The van der Waals surface area contributed by atoms with E-state index in [1.807, 2.05) is 0 Å². The van der Waals surface area contributed by atoms with Crippen LogP contribution in [0.3, 0.4) is 0 Å². The zero-order valence-electron chi connectivity index (χ0n) is 14.5. The zero-order chi connectivity index (χ0) is 17.7. The maximum absolute atomic E-state index is 13.0. The van der Waals surface area contributed by atoms with Crippen LogP contribution < -0.4 is 5.32 Å². The van der Waals surface area contributed by atoms with Gasteiger partial charge in [-0.1, -0.05) is 12.8 Å².